The number of methoxy groups -OCH3 is 1. The zero-order valence-corrected chi connectivity index (χ0v) is 9.75. The van der Waals surface area contributed by atoms with E-state index in [0.29, 0.717) is 6.61 Å². The van der Waals surface area contributed by atoms with Gasteiger partial charge in [0.1, 0.15) is 0 Å². The largest absolute Gasteiger partial charge is 0.383 e. The van der Waals surface area contributed by atoms with Gasteiger partial charge in [-0.05, 0) is 18.4 Å². The summed E-state index contributed by atoms with van der Waals surface area (Å²) in [4.78, 5) is 4.55. The first-order valence-corrected chi connectivity index (χ1v) is 6.07. The van der Waals surface area contributed by atoms with Crippen molar-refractivity contribution in [1.82, 2.24) is 9.55 Å². The van der Waals surface area contributed by atoms with Crippen LogP contribution in [0.2, 0.25) is 0 Å². The van der Waals surface area contributed by atoms with Gasteiger partial charge in [-0.3, -0.25) is 0 Å². The molecule has 15 heavy (non-hydrogen) atoms. The maximum atomic E-state index is 5.11. The van der Waals surface area contributed by atoms with Crippen LogP contribution in [0.15, 0.2) is 29.4 Å². The number of nitrogens with zero attached hydrogens (tertiary/aromatic N) is 2. The van der Waals surface area contributed by atoms with Gasteiger partial charge in [-0.15, -0.1) is 0 Å². The van der Waals surface area contributed by atoms with E-state index in [2.05, 4.69) is 15.6 Å². The van der Waals surface area contributed by atoms with Crippen LogP contribution in [-0.4, -0.2) is 29.5 Å². The maximum absolute atomic E-state index is 5.11. The molecule has 2 rings (SSSR count). The van der Waals surface area contributed by atoms with E-state index in [9.17, 15) is 0 Å². The average Bonchev–Trinajstić information content (AvgIpc) is 2.64. The third-order valence-electron chi connectivity index (χ3n) is 2.32. The van der Waals surface area contributed by atoms with Gasteiger partial charge in [0, 0.05) is 13.7 Å². The zero-order valence-electron chi connectivity index (χ0n) is 8.93. The van der Waals surface area contributed by atoms with Crippen LogP contribution in [0, 0.1) is 0 Å². The first-order valence-electron chi connectivity index (χ1n) is 4.85. The highest BCUT2D eigenvalue weighted by Crippen LogP contribution is 2.21. The molecular weight excluding hydrogens is 208 g/mol. The second kappa shape index (κ2) is 4.68. The van der Waals surface area contributed by atoms with Crippen LogP contribution in [0.25, 0.3) is 11.0 Å². The summed E-state index contributed by atoms with van der Waals surface area (Å²) in [6.45, 7) is 1.57. The summed E-state index contributed by atoms with van der Waals surface area (Å²) in [5.74, 6) is 0. The van der Waals surface area contributed by atoms with Crippen molar-refractivity contribution in [2.75, 3.05) is 20.0 Å². The summed E-state index contributed by atoms with van der Waals surface area (Å²) in [6.07, 6.45) is 2.05. The van der Waals surface area contributed by atoms with E-state index >= 15 is 0 Å². The lowest BCUT2D eigenvalue weighted by molar-refractivity contribution is 0.186. The number of benzene rings is 1. The van der Waals surface area contributed by atoms with E-state index in [1.165, 1.54) is 5.52 Å². The molecule has 0 radical (unpaired) electrons. The van der Waals surface area contributed by atoms with Crippen LogP contribution in [0.3, 0.4) is 0 Å². The molecule has 0 unspecified atom stereocenters. The third kappa shape index (κ3) is 2.01. The molecule has 0 bridgehead atoms. The highest BCUT2D eigenvalue weighted by molar-refractivity contribution is 7.98. The fourth-order valence-electron chi connectivity index (χ4n) is 1.61. The number of imidazole rings is 1. The summed E-state index contributed by atoms with van der Waals surface area (Å²) in [7, 11) is 1.72. The monoisotopic (exact) mass is 222 g/mol. The van der Waals surface area contributed by atoms with E-state index in [1.54, 1.807) is 18.9 Å². The Kier molecular flexibility index (Phi) is 3.28. The number of para-hydroxylation sites is 2. The Morgan fingerprint density at radius 1 is 1.40 bits per heavy atom. The molecule has 1 aromatic carbocycles. The number of aromatic nitrogens is 2. The quantitative estimate of drug-likeness (QED) is 0.743. The fourth-order valence-corrected chi connectivity index (χ4v) is 2.21. The summed E-state index contributed by atoms with van der Waals surface area (Å²) in [5, 5.41) is 1.05. The summed E-state index contributed by atoms with van der Waals surface area (Å²) in [6, 6.07) is 8.19. The average molecular weight is 222 g/mol. The van der Waals surface area contributed by atoms with E-state index in [-0.39, 0.29) is 0 Å². The summed E-state index contributed by atoms with van der Waals surface area (Å²) < 4.78 is 7.30. The number of rotatable bonds is 4. The lowest BCUT2D eigenvalue weighted by Gasteiger charge is -2.05. The van der Waals surface area contributed by atoms with E-state index in [4.69, 9.17) is 4.74 Å². The molecule has 0 atom stereocenters. The van der Waals surface area contributed by atoms with Crippen LogP contribution in [0.4, 0.5) is 0 Å². The van der Waals surface area contributed by atoms with Gasteiger partial charge in [-0.1, -0.05) is 23.9 Å². The Morgan fingerprint density at radius 2 is 2.20 bits per heavy atom. The topological polar surface area (TPSA) is 27.1 Å². The number of hydrogen-bond donors (Lipinski definition) is 0. The molecule has 2 aromatic rings. The minimum absolute atomic E-state index is 0.716. The van der Waals surface area contributed by atoms with Crippen LogP contribution in [0.1, 0.15) is 0 Å². The van der Waals surface area contributed by atoms with Gasteiger partial charge in [0.05, 0.1) is 17.6 Å². The van der Waals surface area contributed by atoms with Crippen molar-refractivity contribution in [2.45, 2.75) is 11.7 Å². The number of hydrogen-bond acceptors (Lipinski definition) is 3. The molecule has 0 saturated carbocycles. The Bertz CT molecular complexity index is 453. The standard InChI is InChI=1S/C11H14N2OS/c1-14-8-7-13-10-6-4-3-5-9(10)12-11(13)15-2/h3-6H,7-8H2,1-2H3. The molecule has 0 fully saturated rings. The van der Waals surface area contributed by atoms with Gasteiger partial charge in [0.2, 0.25) is 0 Å². The summed E-state index contributed by atoms with van der Waals surface area (Å²) in [5.41, 5.74) is 2.23. The molecule has 1 aromatic heterocycles. The second-order valence-corrected chi connectivity index (χ2v) is 4.01. The van der Waals surface area contributed by atoms with Crippen molar-refractivity contribution in [3.8, 4) is 0 Å². The van der Waals surface area contributed by atoms with Gasteiger partial charge in [0.25, 0.3) is 0 Å². The molecule has 4 heteroatoms. The molecule has 0 N–H and O–H groups in total. The Hall–Kier alpha value is -1.00. The predicted molar refractivity (Wildman–Crippen MR) is 63.4 cm³/mol. The lowest BCUT2D eigenvalue weighted by atomic mass is 10.3. The maximum Gasteiger partial charge on any atom is 0.168 e. The van der Waals surface area contributed by atoms with Crippen LogP contribution in [-0.2, 0) is 11.3 Å². The smallest absolute Gasteiger partial charge is 0.168 e. The minimum atomic E-state index is 0.716. The lowest BCUT2D eigenvalue weighted by Crippen LogP contribution is -2.05. The van der Waals surface area contributed by atoms with E-state index in [1.807, 2.05) is 24.5 Å². The van der Waals surface area contributed by atoms with Crippen molar-refractivity contribution in [1.29, 1.82) is 0 Å². The highest BCUT2D eigenvalue weighted by atomic mass is 32.2. The Balaban J connectivity index is 2.47. The number of ether oxygens (including phenoxy) is 1. The van der Waals surface area contributed by atoms with Crippen molar-refractivity contribution >= 4 is 22.8 Å². The molecule has 0 spiro atoms. The SMILES string of the molecule is COCCn1c(SC)nc2ccccc21. The Labute approximate surface area is 93.4 Å². The number of fused-ring (bicyclic) bond motifs is 1. The van der Waals surface area contributed by atoms with Gasteiger partial charge in [0.15, 0.2) is 5.16 Å². The number of thioether (sulfide) groups is 1. The predicted octanol–water partition coefficient (Wildman–Crippen LogP) is 2.40. The van der Waals surface area contributed by atoms with Crippen molar-refractivity contribution in [3.63, 3.8) is 0 Å². The molecule has 80 valence electrons. The molecule has 1 heterocycles. The molecule has 0 saturated heterocycles. The molecule has 0 amide bonds. The van der Waals surface area contributed by atoms with Crippen molar-refractivity contribution < 1.29 is 4.74 Å². The van der Waals surface area contributed by atoms with Crippen molar-refractivity contribution in [2.24, 2.45) is 0 Å². The first kappa shape index (κ1) is 10.5. The molecule has 0 aliphatic rings. The van der Waals surface area contributed by atoms with E-state index < -0.39 is 0 Å². The summed E-state index contributed by atoms with van der Waals surface area (Å²) >= 11 is 1.67. The Morgan fingerprint density at radius 3 is 2.93 bits per heavy atom. The van der Waals surface area contributed by atoms with Gasteiger partial charge < -0.3 is 9.30 Å². The van der Waals surface area contributed by atoms with E-state index in [0.717, 1.165) is 17.2 Å². The fraction of sp³-hybridized carbons (Fsp3) is 0.364. The van der Waals surface area contributed by atoms with Crippen LogP contribution >= 0.6 is 11.8 Å². The zero-order chi connectivity index (χ0) is 10.7. The third-order valence-corrected chi connectivity index (χ3v) is 3.00. The van der Waals surface area contributed by atoms with Crippen molar-refractivity contribution in [3.05, 3.63) is 24.3 Å². The normalized spacial score (nSPS) is 11.1. The molecule has 3 nitrogen and oxygen atoms in total. The van der Waals surface area contributed by atoms with Crippen LogP contribution in [0.5, 0.6) is 0 Å². The second-order valence-electron chi connectivity index (χ2n) is 3.23. The minimum Gasteiger partial charge on any atom is -0.383 e. The van der Waals surface area contributed by atoms with Gasteiger partial charge >= 0.3 is 0 Å². The van der Waals surface area contributed by atoms with Gasteiger partial charge in [-0.2, -0.15) is 0 Å². The molecule has 0 aliphatic heterocycles. The van der Waals surface area contributed by atoms with Gasteiger partial charge in [-0.25, -0.2) is 4.98 Å². The first-order chi connectivity index (χ1) is 7.36. The van der Waals surface area contributed by atoms with Crippen LogP contribution < -0.4 is 0 Å². The highest BCUT2D eigenvalue weighted by Gasteiger charge is 2.08. The molecular formula is C11H14N2OS. The molecule has 0 aliphatic carbocycles.